The summed E-state index contributed by atoms with van der Waals surface area (Å²) < 4.78 is 0. The van der Waals surface area contributed by atoms with Crippen LogP contribution in [-0.2, 0) is 11.2 Å². The Kier molecular flexibility index (Phi) is 8.02. The van der Waals surface area contributed by atoms with Crippen molar-refractivity contribution in [2.75, 3.05) is 49.6 Å². The SMILES string of the molecule is CN1CCN(C(Cc2ccc(C(=O)Nc3ccccc3N)cc2)C(=O)Nc2ccc(Cl)cc2)CC1. The summed E-state index contributed by atoms with van der Waals surface area (Å²) in [5, 5.41) is 6.50. The molecule has 1 saturated heterocycles. The first-order chi connectivity index (χ1) is 16.9. The zero-order valence-electron chi connectivity index (χ0n) is 19.7. The molecule has 4 N–H and O–H groups in total. The van der Waals surface area contributed by atoms with Crippen molar-refractivity contribution >= 4 is 40.5 Å². The maximum absolute atomic E-state index is 13.3. The number of halogens is 1. The molecule has 0 bridgehead atoms. The molecule has 0 saturated carbocycles. The van der Waals surface area contributed by atoms with E-state index in [1.807, 2.05) is 24.3 Å². The van der Waals surface area contributed by atoms with Gasteiger partial charge in [0, 0.05) is 42.5 Å². The lowest BCUT2D eigenvalue weighted by molar-refractivity contribution is -0.122. The quantitative estimate of drug-likeness (QED) is 0.435. The highest BCUT2D eigenvalue weighted by molar-refractivity contribution is 6.30. The summed E-state index contributed by atoms with van der Waals surface area (Å²) >= 11 is 5.98. The second kappa shape index (κ2) is 11.4. The Morgan fingerprint density at radius 3 is 2.23 bits per heavy atom. The van der Waals surface area contributed by atoms with Gasteiger partial charge in [-0.15, -0.1) is 0 Å². The van der Waals surface area contributed by atoms with Gasteiger partial charge >= 0.3 is 0 Å². The first-order valence-corrected chi connectivity index (χ1v) is 12.0. The van der Waals surface area contributed by atoms with Crippen molar-refractivity contribution in [1.29, 1.82) is 0 Å². The Bertz CT molecular complexity index is 1160. The Morgan fingerprint density at radius 2 is 1.57 bits per heavy atom. The van der Waals surface area contributed by atoms with E-state index >= 15 is 0 Å². The molecule has 3 aromatic rings. The van der Waals surface area contributed by atoms with Gasteiger partial charge in [0.1, 0.15) is 0 Å². The fourth-order valence-corrected chi connectivity index (χ4v) is 4.23. The van der Waals surface area contributed by atoms with E-state index in [2.05, 4.69) is 27.5 Å². The normalized spacial score (nSPS) is 15.4. The minimum Gasteiger partial charge on any atom is -0.397 e. The average molecular weight is 492 g/mol. The van der Waals surface area contributed by atoms with E-state index in [0.717, 1.165) is 31.7 Å². The number of benzene rings is 3. The van der Waals surface area contributed by atoms with Gasteiger partial charge in [0.15, 0.2) is 0 Å². The van der Waals surface area contributed by atoms with Crippen LogP contribution in [0.25, 0.3) is 0 Å². The third-order valence-corrected chi connectivity index (χ3v) is 6.50. The van der Waals surface area contributed by atoms with Gasteiger partial charge in [-0.2, -0.15) is 0 Å². The third kappa shape index (κ3) is 6.60. The number of nitrogen functional groups attached to an aromatic ring is 1. The summed E-state index contributed by atoms with van der Waals surface area (Å²) in [5.74, 6) is -0.288. The second-order valence-corrected chi connectivity index (χ2v) is 9.23. The summed E-state index contributed by atoms with van der Waals surface area (Å²) in [7, 11) is 2.09. The van der Waals surface area contributed by atoms with Gasteiger partial charge in [0.2, 0.25) is 5.91 Å². The van der Waals surface area contributed by atoms with Crippen molar-refractivity contribution < 1.29 is 9.59 Å². The number of hydrogen-bond donors (Lipinski definition) is 3. The third-order valence-electron chi connectivity index (χ3n) is 6.25. The van der Waals surface area contributed by atoms with Gasteiger partial charge in [-0.1, -0.05) is 35.9 Å². The Labute approximate surface area is 210 Å². The van der Waals surface area contributed by atoms with Crippen LogP contribution in [0.4, 0.5) is 17.1 Å². The molecule has 0 aromatic heterocycles. The molecule has 1 heterocycles. The van der Waals surface area contributed by atoms with Crippen LogP contribution in [0.1, 0.15) is 15.9 Å². The maximum Gasteiger partial charge on any atom is 0.255 e. The van der Waals surface area contributed by atoms with Crippen LogP contribution >= 0.6 is 11.6 Å². The molecular weight excluding hydrogens is 462 g/mol. The zero-order valence-corrected chi connectivity index (χ0v) is 20.5. The fourth-order valence-electron chi connectivity index (χ4n) is 4.10. The average Bonchev–Trinajstić information content (AvgIpc) is 2.86. The van der Waals surface area contributed by atoms with Gasteiger partial charge in [0.05, 0.1) is 17.4 Å². The Morgan fingerprint density at radius 1 is 0.914 bits per heavy atom. The van der Waals surface area contributed by atoms with Crippen LogP contribution in [0.5, 0.6) is 0 Å². The van der Waals surface area contributed by atoms with Crippen molar-refractivity contribution in [3.63, 3.8) is 0 Å². The van der Waals surface area contributed by atoms with Crippen molar-refractivity contribution in [2.24, 2.45) is 0 Å². The van der Waals surface area contributed by atoms with E-state index in [1.54, 1.807) is 48.5 Å². The summed E-state index contributed by atoms with van der Waals surface area (Å²) in [4.78, 5) is 30.5. The highest BCUT2D eigenvalue weighted by Crippen LogP contribution is 2.20. The van der Waals surface area contributed by atoms with Gasteiger partial charge in [-0.3, -0.25) is 14.5 Å². The number of anilines is 3. The molecule has 1 atom stereocenters. The first-order valence-electron chi connectivity index (χ1n) is 11.6. The molecule has 7 nitrogen and oxygen atoms in total. The molecule has 0 radical (unpaired) electrons. The number of rotatable bonds is 7. The number of piperazine rings is 1. The molecule has 8 heteroatoms. The molecule has 3 aromatic carbocycles. The molecular formula is C27H30ClN5O2. The Balaban J connectivity index is 1.46. The minimum atomic E-state index is -0.330. The fraction of sp³-hybridized carbons (Fsp3) is 0.259. The maximum atomic E-state index is 13.3. The predicted octanol–water partition coefficient (Wildman–Crippen LogP) is 3.97. The number of carbonyl (C=O) groups is 2. The number of likely N-dealkylation sites (N-methyl/N-ethyl adjacent to an activating group) is 1. The molecule has 1 aliphatic rings. The number of hydrogen-bond acceptors (Lipinski definition) is 5. The molecule has 35 heavy (non-hydrogen) atoms. The highest BCUT2D eigenvalue weighted by atomic mass is 35.5. The lowest BCUT2D eigenvalue weighted by Crippen LogP contribution is -2.53. The van der Waals surface area contributed by atoms with Gasteiger partial charge in [-0.25, -0.2) is 0 Å². The zero-order chi connectivity index (χ0) is 24.8. The first kappa shape index (κ1) is 24.7. The lowest BCUT2D eigenvalue weighted by Gasteiger charge is -2.37. The standard InChI is InChI=1S/C27H30ClN5O2/c1-32-14-16-33(17-15-32)25(27(35)30-22-12-10-21(28)11-13-22)18-19-6-8-20(9-7-19)26(34)31-24-5-3-2-4-23(24)29/h2-13,25H,14-18,29H2,1H3,(H,30,35)(H,31,34). The summed E-state index contributed by atoms with van der Waals surface area (Å²) in [6.07, 6.45) is 0.538. The Hall–Kier alpha value is -3.39. The monoisotopic (exact) mass is 491 g/mol. The largest absolute Gasteiger partial charge is 0.397 e. The predicted molar refractivity (Wildman–Crippen MR) is 142 cm³/mol. The molecule has 1 aliphatic heterocycles. The van der Waals surface area contributed by atoms with Crippen LogP contribution in [0.3, 0.4) is 0 Å². The number of para-hydroxylation sites is 2. The minimum absolute atomic E-state index is 0.0572. The summed E-state index contributed by atoms with van der Waals surface area (Å²) in [6, 6.07) is 21.3. The van der Waals surface area contributed by atoms with Crippen molar-refractivity contribution in [1.82, 2.24) is 9.80 Å². The van der Waals surface area contributed by atoms with Gasteiger partial charge < -0.3 is 21.3 Å². The van der Waals surface area contributed by atoms with Crippen LogP contribution < -0.4 is 16.4 Å². The number of carbonyl (C=O) groups excluding carboxylic acids is 2. The molecule has 0 aliphatic carbocycles. The molecule has 4 rings (SSSR count). The number of nitrogens with one attached hydrogen (secondary N) is 2. The van der Waals surface area contributed by atoms with E-state index in [0.29, 0.717) is 34.1 Å². The van der Waals surface area contributed by atoms with Gasteiger partial charge in [-0.05, 0) is 67.6 Å². The lowest BCUT2D eigenvalue weighted by atomic mass is 10.0. The number of nitrogens with zero attached hydrogens (tertiary/aromatic N) is 2. The van der Waals surface area contributed by atoms with Crippen LogP contribution in [0.2, 0.25) is 5.02 Å². The number of nitrogens with two attached hydrogens (primary N) is 1. The van der Waals surface area contributed by atoms with Gasteiger partial charge in [0.25, 0.3) is 5.91 Å². The van der Waals surface area contributed by atoms with Crippen molar-refractivity contribution in [3.05, 3.63) is 88.9 Å². The van der Waals surface area contributed by atoms with E-state index in [9.17, 15) is 9.59 Å². The molecule has 2 amide bonds. The number of amides is 2. The molecule has 1 unspecified atom stereocenters. The van der Waals surface area contributed by atoms with Crippen LogP contribution in [-0.4, -0.2) is 60.9 Å². The molecule has 182 valence electrons. The van der Waals surface area contributed by atoms with E-state index in [-0.39, 0.29) is 17.9 Å². The van der Waals surface area contributed by atoms with Crippen molar-refractivity contribution in [3.8, 4) is 0 Å². The van der Waals surface area contributed by atoms with E-state index in [1.165, 1.54) is 0 Å². The summed E-state index contributed by atoms with van der Waals surface area (Å²) in [5.41, 5.74) is 9.24. The topological polar surface area (TPSA) is 90.7 Å². The van der Waals surface area contributed by atoms with E-state index in [4.69, 9.17) is 17.3 Å². The van der Waals surface area contributed by atoms with Crippen molar-refractivity contribution in [2.45, 2.75) is 12.5 Å². The van der Waals surface area contributed by atoms with E-state index < -0.39 is 0 Å². The second-order valence-electron chi connectivity index (χ2n) is 8.79. The molecule has 1 fully saturated rings. The smallest absolute Gasteiger partial charge is 0.255 e. The highest BCUT2D eigenvalue weighted by Gasteiger charge is 2.28. The molecule has 0 spiro atoms. The van der Waals surface area contributed by atoms with Crippen LogP contribution in [0.15, 0.2) is 72.8 Å². The summed E-state index contributed by atoms with van der Waals surface area (Å²) in [6.45, 7) is 3.45. The van der Waals surface area contributed by atoms with Crippen LogP contribution in [0, 0.1) is 0 Å².